The normalized spacial score (nSPS) is 23.5. The van der Waals surface area contributed by atoms with Crippen LogP contribution < -0.4 is 10.6 Å². The molecule has 1 saturated carbocycles. The molecule has 1 fully saturated rings. The van der Waals surface area contributed by atoms with Crippen molar-refractivity contribution in [1.29, 1.82) is 0 Å². The predicted molar refractivity (Wildman–Crippen MR) is 76.0 cm³/mol. The fourth-order valence-electron chi connectivity index (χ4n) is 2.79. The average molecular weight is 257 g/mol. The standard InChI is InChI=1S/C14H19N5/c1-19(13-9-5-2-6-10(13)15)14-16-11-7-3-4-8-12(11)17-18-14/h3-4,7-8,10,13H,2,5-6,9,15H2,1H3. The molecule has 100 valence electrons. The number of nitrogens with two attached hydrogens (primary N) is 1. The lowest BCUT2D eigenvalue weighted by molar-refractivity contribution is 0.370. The van der Waals surface area contributed by atoms with Crippen LogP contribution in [0.2, 0.25) is 0 Å². The molecule has 1 aliphatic rings. The van der Waals surface area contributed by atoms with E-state index in [1.54, 1.807) is 0 Å². The number of nitrogens with zero attached hydrogens (tertiary/aromatic N) is 4. The topological polar surface area (TPSA) is 67.9 Å². The number of hydrogen-bond donors (Lipinski definition) is 1. The lowest BCUT2D eigenvalue weighted by Gasteiger charge is -2.35. The van der Waals surface area contributed by atoms with Crippen LogP contribution in [0.3, 0.4) is 0 Å². The van der Waals surface area contributed by atoms with Gasteiger partial charge in [0.05, 0.1) is 5.52 Å². The van der Waals surface area contributed by atoms with Gasteiger partial charge in [-0.3, -0.25) is 0 Å². The van der Waals surface area contributed by atoms with Crippen molar-refractivity contribution in [3.8, 4) is 0 Å². The third-order valence-electron chi connectivity index (χ3n) is 3.94. The Hall–Kier alpha value is -1.75. The Labute approximate surface area is 112 Å². The molecule has 0 amide bonds. The Morgan fingerprint density at radius 3 is 2.63 bits per heavy atom. The van der Waals surface area contributed by atoms with Gasteiger partial charge in [-0.05, 0) is 25.0 Å². The Balaban J connectivity index is 1.90. The Bertz CT molecular complexity index is 571. The van der Waals surface area contributed by atoms with Crippen molar-refractivity contribution in [3.63, 3.8) is 0 Å². The van der Waals surface area contributed by atoms with Gasteiger partial charge in [0, 0.05) is 19.1 Å². The van der Waals surface area contributed by atoms with Crippen LogP contribution in [0.15, 0.2) is 24.3 Å². The number of para-hydroxylation sites is 1. The number of hydrogen-bond acceptors (Lipinski definition) is 5. The minimum Gasteiger partial charge on any atom is -0.338 e. The second-order valence-corrected chi connectivity index (χ2v) is 5.23. The van der Waals surface area contributed by atoms with Crippen molar-refractivity contribution in [1.82, 2.24) is 15.2 Å². The molecule has 2 N–H and O–H groups in total. The number of fused-ring (bicyclic) bond motifs is 1. The molecule has 2 aromatic rings. The monoisotopic (exact) mass is 257 g/mol. The van der Waals surface area contributed by atoms with Gasteiger partial charge in [-0.1, -0.05) is 25.0 Å². The number of benzene rings is 1. The molecule has 0 spiro atoms. The van der Waals surface area contributed by atoms with Gasteiger partial charge in [-0.2, -0.15) is 0 Å². The molecule has 0 saturated heterocycles. The summed E-state index contributed by atoms with van der Waals surface area (Å²) in [6.45, 7) is 0. The fraction of sp³-hybridized carbons (Fsp3) is 0.500. The van der Waals surface area contributed by atoms with Crippen molar-refractivity contribution < 1.29 is 0 Å². The molecule has 1 aromatic carbocycles. The van der Waals surface area contributed by atoms with Gasteiger partial charge in [0.15, 0.2) is 0 Å². The Morgan fingerprint density at radius 2 is 1.84 bits per heavy atom. The molecule has 3 rings (SSSR count). The first-order valence-electron chi connectivity index (χ1n) is 6.83. The summed E-state index contributed by atoms with van der Waals surface area (Å²) >= 11 is 0. The molecule has 19 heavy (non-hydrogen) atoms. The molecule has 5 heteroatoms. The second-order valence-electron chi connectivity index (χ2n) is 5.23. The van der Waals surface area contributed by atoms with Gasteiger partial charge < -0.3 is 10.6 Å². The molecule has 0 bridgehead atoms. The molecule has 1 heterocycles. The molecule has 0 radical (unpaired) electrons. The number of rotatable bonds is 2. The fourth-order valence-corrected chi connectivity index (χ4v) is 2.79. The Morgan fingerprint density at radius 1 is 1.11 bits per heavy atom. The van der Waals surface area contributed by atoms with Gasteiger partial charge in [0.25, 0.3) is 0 Å². The van der Waals surface area contributed by atoms with E-state index in [9.17, 15) is 0 Å². The van der Waals surface area contributed by atoms with E-state index in [0.29, 0.717) is 12.0 Å². The number of aromatic nitrogens is 3. The second kappa shape index (κ2) is 5.09. The largest absolute Gasteiger partial charge is 0.338 e. The van der Waals surface area contributed by atoms with E-state index in [1.807, 2.05) is 31.3 Å². The Kier molecular flexibility index (Phi) is 3.29. The zero-order chi connectivity index (χ0) is 13.2. The number of anilines is 1. The summed E-state index contributed by atoms with van der Waals surface area (Å²) in [5, 5.41) is 8.45. The van der Waals surface area contributed by atoms with Gasteiger partial charge in [0.2, 0.25) is 5.95 Å². The van der Waals surface area contributed by atoms with Crippen LogP contribution >= 0.6 is 0 Å². The van der Waals surface area contributed by atoms with E-state index >= 15 is 0 Å². The summed E-state index contributed by atoms with van der Waals surface area (Å²) in [5.74, 6) is 0.668. The van der Waals surface area contributed by atoms with Gasteiger partial charge in [0.1, 0.15) is 5.52 Å². The van der Waals surface area contributed by atoms with Gasteiger partial charge >= 0.3 is 0 Å². The van der Waals surface area contributed by atoms with Crippen molar-refractivity contribution in [2.45, 2.75) is 37.8 Å². The van der Waals surface area contributed by atoms with Gasteiger partial charge in [-0.15, -0.1) is 10.2 Å². The van der Waals surface area contributed by atoms with Crippen LogP contribution in [0.5, 0.6) is 0 Å². The molecule has 5 nitrogen and oxygen atoms in total. The third kappa shape index (κ3) is 2.38. The summed E-state index contributed by atoms with van der Waals surface area (Å²) in [4.78, 5) is 6.67. The van der Waals surface area contributed by atoms with Crippen LogP contribution in [-0.2, 0) is 0 Å². The molecular weight excluding hydrogens is 238 g/mol. The first-order valence-corrected chi connectivity index (χ1v) is 6.83. The minimum absolute atomic E-state index is 0.203. The zero-order valence-electron chi connectivity index (χ0n) is 11.2. The number of likely N-dealkylation sites (N-methyl/N-ethyl adjacent to an activating group) is 1. The van der Waals surface area contributed by atoms with Crippen molar-refractivity contribution in [3.05, 3.63) is 24.3 Å². The molecule has 1 aliphatic carbocycles. The summed E-state index contributed by atoms with van der Waals surface area (Å²) < 4.78 is 0. The van der Waals surface area contributed by atoms with E-state index in [0.717, 1.165) is 23.9 Å². The quantitative estimate of drug-likeness (QED) is 0.887. The summed E-state index contributed by atoms with van der Waals surface area (Å²) in [5.41, 5.74) is 7.92. The molecule has 2 unspecified atom stereocenters. The van der Waals surface area contributed by atoms with E-state index in [4.69, 9.17) is 5.73 Å². The van der Waals surface area contributed by atoms with E-state index in [1.165, 1.54) is 12.8 Å². The van der Waals surface area contributed by atoms with Crippen LogP contribution in [0.1, 0.15) is 25.7 Å². The average Bonchev–Trinajstić information content (AvgIpc) is 2.46. The molecule has 2 atom stereocenters. The SMILES string of the molecule is CN(c1nnc2ccccc2n1)C1CCCCC1N. The van der Waals surface area contributed by atoms with Crippen molar-refractivity contribution in [2.24, 2.45) is 5.73 Å². The minimum atomic E-state index is 0.203. The maximum Gasteiger partial charge on any atom is 0.245 e. The van der Waals surface area contributed by atoms with Crippen LogP contribution in [0.4, 0.5) is 5.95 Å². The summed E-state index contributed by atoms with van der Waals surface area (Å²) in [6, 6.07) is 8.31. The van der Waals surface area contributed by atoms with Crippen molar-refractivity contribution in [2.75, 3.05) is 11.9 Å². The maximum atomic E-state index is 6.21. The lowest BCUT2D eigenvalue weighted by Crippen LogP contribution is -2.48. The smallest absolute Gasteiger partial charge is 0.245 e. The van der Waals surface area contributed by atoms with Crippen LogP contribution in [0.25, 0.3) is 11.0 Å². The predicted octanol–water partition coefficient (Wildman–Crippen LogP) is 1.73. The van der Waals surface area contributed by atoms with E-state index in [2.05, 4.69) is 20.1 Å². The highest BCUT2D eigenvalue weighted by Gasteiger charge is 2.27. The first-order chi connectivity index (χ1) is 9.25. The highest BCUT2D eigenvalue weighted by molar-refractivity contribution is 5.74. The van der Waals surface area contributed by atoms with Gasteiger partial charge in [-0.25, -0.2) is 4.98 Å². The molecule has 0 aliphatic heterocycles. The molecular formula is C14H19N5. The van der Waals surface area contributed by atoms with Crippen LogP contribution in [0, 0.1) is 0 Å². The van der Waals surface area contributed by atoms with E-state index < -0.39 is 0 Å². The zero-order valence-corrected chi connectivity index (χ0v) is 11.2. The summed E-state index contributed by atoms with van der Waals surface area (Å²) in [7, 11) is 2.02. The van der Waals surface area contributed by atoms with Crippen molar-refractivity contribution >= 4 is 17.0 Å². The maximum absolute atomic E-state index is 6.21. The first kappa shape index (κ1) is 12.3. The summed E-state index contributed by atoms with van der Waals surface area (Å²) in [6.07, 6.45) is 4.63. The third-order valence-corrected chi connectivity index (χ3v) is 3.94. The highest BCUT2D eigenvalue weighted by atomic mass is 15.3. The highest BCUT2D eigenvalue weighted by Crippen LogP contribution is 2.23. The molecule has 1 aromatic heterocycles. The van der Waals surface area contributed by atoms with E-state index in [-0.39, 0.29) is 6.04 Å². The lowest BCUT2D eigenvalue weighted by atomic mass is 9.90. The van der Waals surface area contributed by atoms with Crippen LogP contribution in [-0.4, -0.2) is 34.3 Å².